The van der Waals surface area contributed by atoms with Crippen LogP contribution in [-0.4, -0.2) is 11.5 Å². The summed E-state index contributed by atoms with van der Waals surface area (Å²) in [7, 11) is 0. The molecule has 1 aliphatic carbocycles. The van der Waals surface area contributed by atoms with E-state index in [0.717, 1.165) is 23.4 Å². The Balaban J connectivity index is 1.76. The van der Waals surface area contributed by atoms with Crippen molar-refractivity contribution in [2.24, 2.45) is 10.9 Å². The van der Waals surface area contributed by atoms with Crippen molar-refractivity contribution in [3.63, 3.8) is 0 Å². The van der Waals surface area contributed by atoms with Crippen LogP contribution in [0.15, 0.2) is 70.9 Å². The summed E-state index contributed by atoms with van der Waals surface area (Å²) in [5.74, 6) is -0.165. The summed E-state index contributed by atoms with van der Waals surface area (Å²) >= 11 is 0. The molecular weight excluding hydrogens is 332 g/mol. The Morgan fingerprint density at radius 3 is 2.30 bits per heavy atom. The predicted octanol–water partition coefficient (Wildman–Crippen LogP) is 5.09. The van der Waals surface area contributed by atoms with Crippen LogP contribution in [0.3, 0.4) is 0 Å². The molecule has 0 radical (unpaired) electrons. The Bertz CT molecular complexity index is 977. The Morgan fingerprint density at radius 1 is 0.926 bits per heavy atom. The SMILES string of the molecule is CC1=C(C#N)[C@H](c2ccc(C)cc2)[C@@H]2C(=O)C[C@@H](c3ccccc3)CC2=N1. The highest BCUT2D eigenvalue weighted by Gasteiger charge is 2.44. The van der Waals surface area contributed by atoms with Gasteiger partial charge in [0.1, 0.15) is 5.78 Å². The lowest BCUT2D eigenvalue weighted by atomic mass is 9.66. The molecule has 3 nitrogen and oxygen atoms in total. The van der Waals surface area contributed by atoms with Gasteiger partial charge in [-0.05, 0) is 37.3 Å². The minimum Gasteiger partial charge on any atom is -0.299 e. The highest BCUT2D eigenvalue weighted by Crippen LogP contribution is 2.45. The largest absolute Gasteiger partial charge is 0.299 e. The maximum absolute atomic E-state index is 13.2. The van der Waals surface area contributed by atoms with E-state index in [4.69, 9.17) is 4.99 Å². The van der Waals surface area contributed by atoms with Crippen LogP contribution in [0.25, 0.3) is 0 Å². The zero-order valence-electron chi connectivity index (χ0n) is 15.6. The van der Waals surface area contributed by atoms with Gasteiger partial charge in [0.05, 0.1) is 23.3 Å². The van der Waals surface area contributed by atoms with E-state index in [1.54, 1.807) is 0 Å². The summed E-state index contributed by atoms with van der Waals surface area (Å²) < 4.78 is 0. The number of carbonyl (C=O) groups is 1. The number of aliphatic imine (C=N–C) groups is 1. The van der Waals surface area contributed by atoms with Gasteiger partial charge in [-0.15, -0.1) is 0 Å². The smallest absolute Gasteiger partial charge is 0.143 e. The first-order valence-corrected chi connectivity index (χ1v) is 9.41. The first kappa shape index (κ1) is 17.4. The molecule has 0 saturated heterocycles. The fourth-order valence-corrected chi connectivity index (χ4v) is 4.41. The zero-order valence-corrected chi connectivity index (χ0v) is 15.6. The van der Waals surface area contributed by atoms with Crippen molar-refractivity contribution >= 4 is 11.5 Å². The first-order chi connectivity index (χ1) is 13.1. The van der Waals surface area contributed by atoms with Crippen LogP contribution in [-0.2, 0) is 4.79 Å². The molecule has 0 spiro atoms. The van der Waals surface area contributed by atoms with Crippen LogP contribution in [0.1, 0.15) is 48.3 Å². The molecule has 0 unspecified atom stereocenters. The van der Waals surface area contributed by atoms with Gasteiger partial charge in [0.2, 0.25) is 0 Å². The zero-order chi connectivity index (χ0) is 19.0. The van der Waals surface area contributed by atoms with E-state index in [0.29, 0.717) is 12.0 Å². The van der Waals surface area contributed by atoms with Crippen LogP contribution in [0.4, 0.5) is 0 Å². The van der Waals surface area contributed by atoms with Gasteiger partial charge >= 0.3 is 0 Å². The number of carbonyl (C=O) groups excluding carboxylic acids is 1. The quantitative estimate of drug-likeness (QED) is 0.754. The van der Waals surface area contributed by atoms with Gasteiger partial charge in [0, 0.05) is 18.1 Å². The molecule has 0 bridgehead atoms. The fourth-order valence-electron chi connectivity index (χ4n) is 4.41. The molecule has 0 N–H and O–H groups in total. The molecule has 27 heavy (non-hydrogen) atoms. The molecule has 0 aromatic heterocycles. The number of fused-ring (bicyclic) bond motifs is 1. The van der Waals surface area contributed by atoms with E-state index in [2.05, 4.69) is 18.2 Å². The number of rotatable bonds is 2. The number of nitriles is 1. The number of aryl methyl sites for hydroxylation is 1. The molecule has 1 saturated carbocycles. The van der Waals surface area contributed by atoms with Crippen LogP contribution < -0.4 is 0 Å². The van der Waals surface area contributed by atoms with Crippen molar-refractivity contribution in [1.82, 2.24) is 0 Å². The van der Waals surface area contributed by atoms with Gasteiger partial charge < -0.3 is 0 Å². The summed E-state index contributed by atoms with van der Waals surface area (Å²) in [6.07, 6.45) is 1.28. The summed E-state index contributed by atoms with van der Waals surface area (Å²) in [5, 5.41) is 9.77. The molecule has 2 aromatic carbocycles. The van der Waals surface area contributed by atoms with E-state index in [1.165, 1.54) is 11.1 Å². The molecule has 0 amide bonds. The lowest BCUT2D eigenvalue weighted by molar-refractivity contribution is -0.122. The summed E-state index contributed by atoms with van der Waals surface area (Å²) in [5.41, 5.74) is 5.69. The number of benzene rings is 2. The third-order valence-corrected chi connectivity index (χ3v) is 5.78. The third kappa shape index (κ3) is 3.13. The minimum absolute atomic E-state index is 0.170. The number of ketones is 1. The van der Waals surface area contributed by atoms with Crippen LogP contribution in [0.5, 0.6) is 0 Å². The maximum Gasteiger partial charge on any atom is 0.143 e. The standard InChI is InChI=1S/C24H22N2O/c1-15-8-10-18(11-9-15)23-20(14-25)16(2)26-21-12-19(13-22(27)24(21)23)17-6-4-3-5-7-17/h3-11,19,23-24H,12-13H2,1-2H3/t19-,23-,24-/m0/s1. The van der Waals surface area contributed by atoms with Crippen molar-refractivity contribution in [2.75, 3.05) is 0 Å². The summed E-state index contributed by atoms with van der Waals surface area (Å²) in [6, 6.07) is 20.7. The molecule has 3 heteroatoms. The van der Waals surface area contributed by atoms with Crippen molar-refractivity contribution in [1.29, 1.82) is 5.26 Å². The van der Waals surface area contributed by atoms with E-state index in [9.17, 15) is 10.1 Å². The Kier molecular flexibility index (Phi) is 4.49. The average molecular weight is 354 g/mol. The minimum atomic E-state index is -0.314. The van der Waals surface area contributed by atoms with Gasteiger partial charge in [0.15, 0.2) is 0 Å². The van der Waals surface area contributed by atoms with Crippen molar-refractivity contribution < 1.29 is 4.79 Å². The van der Waals surface area contributed by atoms with E-state index >= 15 is 0 Å². The first-order valence-electron chi connectivity index (χ1n) is 9.41. The second kappa shape index (κ2) is 6.96. The van der Waals surface area contributed by atoms with E-state index < -0.39 is 0 Å². The number of Topliss-reactive ketones (excluding diaryl/α,β-unsaturated/α-hetero) is 1. The average Bonchev–Trinajstić information content (AvgIpc) is 2.68. The number of nitrogens with zero attached hydrogens (tertiary/aromatic N) is 2. The van der Waals surface area contributed by atoms with Crippen molar-refractivity contribution in [3.8, 4) is 6.07 Å². The number of hydrogen-bond acceptors (Lipinski definition) is 3. The molecule has 2 aliphatic rings. The molecule has 3 atom stereocenters. The third-order valence-electron chi connectivity index (χ3n) is 5.78. The normalized spacial score (nSPS) is 24.9. The highest BCUT2D eigenvalue weighted by atomic mass is 16.1. The highest BCUT2D eigenvalue weighted by molar-refractivity contribution is 6.10. The van der Waals surface area contributed by atoms with E-state index in [-0.39, 0.29) is 23.5 Å². The van der Waals surface area contributed by atoms with E-state index in [1.807, 2.05) is 56.3 Å². The molecule has 2 aromatic rings. The molecule has 1 aliphatic heterocycles. The second-order valence-corrected chi connectivity index (χ2v) is 7.56. The van der Waals surface area contributed by atoms with Gasteiger partial charge in [0.25, 0.3) is 0 Å². The fraction of sp³-hybridized carbons (Fsp3) is 0.292. The Hall–Kier alpha value is -2.99. The lowest BCUT2D eigenvalue weighted by Gasteiger charge is -2.37. The van der Waals surface area contributed by atoms with Crippen LogP contribution in [0.2, 0.25) is 0 Å². The summed E-state index contributed by atoms with van der Waals surface area (Å²) in [4.78, 5) is 17.9. The van der Waals surface area contributed by atoms with Gasteiger partial charge in [-0.25, -0.2) is 0 Å². The summed E-state index contributed by atoms with van der Waals surface area (Å²) in [6.45, 7) is 3.93. The monoisotopic (exact) mass is 354 g/mol. The lowest BCUT2D eigenvalue weighted by Crippen LogP contribution is -2.39. The maximum atomic E-state index is 13.2. The number of hydrogen-bond donors (Lipinski definition) is 0. The Morgan fingerprint density at radius 2 is 1.63 bits per heavy atom. The molecule has 1 heterocycles. The van der Waals surface area contributed by atoms with Crippen molar-refractivity contribution in [3.05, 3.63) is 82.6 Å². The topological polar surface area (TPSA) is 53.2 Å². The van der Waals surface area contributed by atoms with Crippen LogP contribution in [0, 0.1) is 24.2 Å². The molecule has 4 rings (SSSR count). The Labute approximate surface area is 160 Å². The van der Waals surface area contributed by atoms with Crippen LogP contribution >= 0.6 is 0 Å². The van der Waals surface area contributed by atoms with Gasteiger partial charge in [-0.1, -0.05) is 60.2 Å². The predicted molar refractivity (Wildman–Crippen MR) is 107 cm³/mol. The van der Waals surface area contributed by atoms with Gasteiger partial charge in [-0.3, -0.25) is 9.79 Å². The second-order valence-electron chi connectivity index (χ2n) is 7.56. The molecular formula is C24H22N2O. The molecule has 134 valence electrons. The molecule has 1 fully saturated rings. The van der Waals surface area contributed by atoms with Gasteiger partial charge in [-0.2, -0.15) is 5.26 Å². The number of allylic oxidation sites excluding steroid dienone is 2. The van der Waals surface area contributed by atoms with Crippen molar-refractivity contribution in [2.45, 2.75) is 38.5 Å².